The predicted molar refractivity (Wildman–Crippen MR) is 77.0 cm³/mol. The lowest BCUT2D eigenvalue weighted by Crippen LogP contribution is -2.31. The summed E-state index contributed by atoms with van der Waals surface area (Å²) in [5.41, 5.74) is 7.37. The molecule has 0 spiro atoms. The van der Waals surface area contributed by atoms with Crippen LogP contribution in [0.2, 0.25) is 0 Å². The van der Waals surface area contributed by atoms with E-state index in [0.29, 0.717) is 12.1 Å². The van der Waals surface area contributed by atoms with Crippen LogP contribution in [0.4, 0.5) is 5.69 Å². The molecule has 98 valence electrons. The molecule has 1 atom stereocenters. The highest BCUT2D eigenvalue weighted by Gasteiger charge is 2.34. The average molecular weight is 275 g/mol. The van der Waals surface area contributed by atoms with Crippen molar-refractivity contribution < 1.29 is 4.79 Å². The van der Waals surface area contributed by atoms with Crippen LogP contribution in [-0.2, 0) is 16.6 Å². The maximum atomic E-state index is 11.9. The van der Waals surface area contributed by atoms with Gasteiger partial charge in [-0.15, -0.1) is 0 Å². The van der Waals surface area contributed by atoms with Crippen LogP contribution in [0.3, 0.4) is 0 Å². The van der Waals surface area contributed by atoms with E-state index in [-0.39, 0.29) is 5.24 Å². The zero-order chi connectivity index (χ0) is 13.9. The van der Waals surface area contributed by atoms with Crippen molar-refractivity contribution in [1.29, 1.82) is 0 Å². The Hall–Kier alpha value is -1.87. The Morgan fingerprint density at radius 1 is 1.32 bits per heavy atom. The zero-order valence-corrected chi connectivity index (χ0v) is 11.4. The Morgan fingerprint density at radius 2 is 2.00 bits per heavy atom. The monoisotopic (exact) mass is 274 g/mol. The molecule has 2 aromatic rings. The van der Waals surface area contributed by atoms with Gasteiger partial charge in [-0.05, 0) is 54.3 Å². The number of nitrogens with two attached hydrogens (primary N) is 1. The highest BCUT2D eigenvalue weighted by atomic mass is 35.5. The second kappa shape index (κ2) is 5.41. The van der Waals surface area contributed by atoms with Gasteiger partial charge < -0.3 is 5.73 Å². The Labute approximate surface area is 117 Å². The molecule has 1 aromatic heterocycles. The third kappa shape index (κ3) is 2.93. The van der Waals surface area contributed by atoms with Crippen LogP contribution in [0.5, 0.6) is 0 Å². The van der Waals surface area contributed by atoms with Crippen LogP contribution >= 0.6 is 11.6 Å². The molecule has 0 amide bonds. The van der Waals surface area contributed by atoms with Crippen molar-refractivity contribution in [2.24, 2.45) is 0 Å². The van der Waals surface area contributed by atoms with Crippen LogP contribution < -0.4 is 5.73 Å². The molecule has 1 unspecified atom stereocenters. The smallest absolute Gasteiger partial charge is 0.232 e. The summed E-state index contributed by atoms with van der Waals surface area (Å²) in [6, 6.07) is 11.0. The molecular weight excluding hydrogens is 260 g/mol. The Kier molecular flexibility index (Phi) is 3.86. The highest BCUT2D eigenvalue weighted by molar-refractivity contribution is 6.65. The first-order chi connectivity index (χ1) is 9.02. The largest absolute Gasteiger partial charge is 0.399 e. The summed E-state index contributed by atoms with van der Waals surface area (Å²) in [7, 11) is 0. The average Bonchev–Trinajstić information content (AvgIpc) is 2.40. The molecule has 0 aliphatic heterocycles. The van der Waals surface area contributed by atoms with Crippen molar-refractivity contribution >= 4 is 22.5 Å². The van der Waals surface area contributed by atoms with Crippen molar-refractivity contribution in [3.05, 3.63) is 59.9 Å². The number of nitrogens with zero attached hydrogens (tertiary/aromatic N) is 1. The van der Waals surface area contributed by atoms with Crippen molar-refractivity contribution in [2.45, 2.75) is 18.8 Å². The molecule has 19 heavy (non-hydrogen) atoms. The van der Waals surface area contributed by atoms with E-state index in [2.05, 4.69) is 4.98 Å². The maximum Gasteiger partial charge on any atom is 0.232 e. The fourth-order valence-corrected chi connectivity index (χ4v) is 2.22. The van der Waals surface area contributed by atoms with Gasteiger partial charge in [0.15, 0.2) is 0 Å². The molecule has 4 heteroatoms. The molecule has 0 aliphatic carbocycles. The van der Waals surface area contributed by atoms with Gasteiger partial charge in [0, 0.05) is 18.1 Å². The number of benzene rings is 1. The fourth-order valence-electron chi connectivity index (χ4n) is 2.05. The van der Waals surface area contributed by atoms with Gasteiger partial charge in [0.1, 0.15) is 0 Å². The number of aromatic nitrogens is 1. The molecule has 0 saturated heterocycles. The minimum absolute atomic E-state index is 0.388. The minimum Gasteiger partial charge on any atom is -0.399 e. The van der Waals surface area contributed by atoms with Crippen molar-refractivity contribution in [1.82, 2.24) is 4.98 Å². The summed E-state index contributed by atoms with van der Waals surface area (Å²) in [6.45, 7) is 1.83. The lowest BCUT2D eigenvalue weighted by atomic mass is 9.78. The first kappa shape index (κ1) is 13.6. The quantitative estimate of drug-likeness (QED) is 0.689. The maximum absolute atomic E-state index is 11.9. The van der Waals surface area contributed by atoms with E-state index in [1.165, 1.54) is 0 Å². The van der Waals surface area contributed by atoms with Crippen LogP contribution in [0.15, 0.2) is 48.8 Å². The molecule has 3 nitrogen and oxygen atoms in total. The summed E-state index contributed by atoms with van der Waals surface area (Å²) in [4.78, 5) is 15.9. The zero-order valence-electron chi connectivity index (χ0n) is 10.6. The van der Waals surface area contributed by atoms with E-state index >= 15 is 0 Å². The molecular formula is C15H15ClN2O. The van der Waals surface area contributed by atoms with E-state index in [1.54, 1.807) is 24.5 Å². The minimum atomic E-state index is -0.779. The molecule has 2 rings (SSSR count). The Morgan fingerprint density at radius 3 is 2.53 bits per heavy atom. The first-order valence-electron chi connectivity index (χ1n) is 5.97. The van der Waals surface area contributed by atoms with Gasteiger partial charge in [-0.1, -0.05) is 18.2 Å². The van der Waals surface area contributed by atoms with Gasteiger partial charge in [0.05, 0.1) is 5.41 Å². The standard InChI is InChI=1S/C15H15ClN2O/c1-15(14(16)19,9-11-3-2-8-18-10-11)12-4-6-13(17)7-5-12/h2-8,10H,9,17H2,1H3. The molecule has 1 aromatic carbocycles. The number of hydrogen-bond donors (Lipinski definition) is 1. The highest BCUT2D eigenvalue weighted by Crippen LogP contribution is 2.31. The van der Waals surface area contributed by atoms with Gasteiger partial charge in [-0.25, -0.2) is 0 Å². The van der Waals surface area contributed by atoms with Gasteiger partial charge in [-0.2, -0.15) is 0 Å². The lowest BCUT2D eigenvalue weighted by Gasteiger charge is -2.26. The Bertz CT molecular complexity index is 568. The molecule has 0 bridgehead atoms. The van der Waals surface area contributed by atoms with Crippen LogP contribution in [-0.4, -0.2) is 10.2 Å². The van der Waals surface area contributed by atoms with Crippen LogP contribution in [0, 0.1) is 0 Å². The summed E-state index contributed by atoms with van der Waals surface area (Å²) >= 11 is 5.82. The summed E-state index contributed by atoms with van der Waals surface area (Å²) < 4.78 is 0. The molecule has 0 saturated carbocycles. The topological polar surface area (TPSA) is 56.0 Å². The van der Waals surface area contributed by atoms with Gasteiger partial charge in [0.25, 0.3) is 0 Å². The number of anilines is 1. The summed E-state index contributed by atoms with van der Waals surface area (Å²) in [6.07, 6.45) is 3.95. The second-order valence-corrected chi connectivity index (χ2v) is 5.11. The van der Waals surface area contributed by atoms with E-state index < -0.39 is 5.41 Å². The second-order valence-electron chi connectivity index (χ2n) is 4.77. The van der Waals surface area contributed by atoms with Crippen LogP contribution in [0.1, 0.15) is 18.1 Å². The van der Waals surface area contributed by atoms with Crippen molar-refractivity contribution in [2.75, 3.05) is 5.73 Å². The number of hydrogen-bond acceptors (Lipinski definition) is 3. The van der Waals surface area contributed by atoms with E-state index in [0.717, 1.165) is 11.1 Å². The lowest BCUT2D eigenvalue weighted by molar-refractivity contribution is -0.116. The third-order valence-electron chi connectivity index (χ3n) is 3.26. The van der Waals surface area contributed by atoms with E-state index in [4.69, 9.17) is 17.3 Å². The predicted octanol–water partition coefficient (Wildman–Crippen LogP) is 2.93. The number of carbonyl (C=O) groups excluding carboxylic acids is 1. The molecule has 0 radical (unpaired) electrons. The number of rotatable bonds is 4. The molecule has 1 heterocycles. The number of halogens is 1. The number of carbonyl (C=O) groups is 1. The SMILES string of the molecule is CC(Cc1cccnc1)(C(=O)Cl)c1ccc(N)cc1. The molecule has 2 N–H and O–H groups in total. The van der Waals surface area contributed by atoms with Gasteiger partial charge in [-0.3, -0.25) is 9.78 Å². The number of nitrogen functional groups attached to an aromatic ring is 1. The molecule has 0 fully saturated rings. The van der Waals surface area contributed by atoms with Crippen LogP contribution in [0.25, 0.3) is 0 Å². The van der Waals surface area contributed by atoms with E-state index in [1.807, 2.05) is 31.2 Å². The summed E-state index contributed by atoms with van der Waals surface area (Å²) in [5, 5.41) is -0.388. The number of pyridine rings is 1. The first-order valence-corrected chi connectivity index (χ1v) is 6.35. The molecule has 0 aliphatic rings. The summed E-state index contributed by atoms with van der Waals surface area (Å²) in [5.74, 6) is 0. The third-order valence-corrected chi connectivity index (χ3v) is 3.68. The van der Waals surface area contributed by atoms with Gasteiger partial charge in [0.2, 0.25) is 5.24 Å². The van der Waals surface area contributed by atoms with E-state index in [9.17, 15) is 4.79 Å². The normalized spacial score (nSPS) is 13.8. The fraction of sp³-hybridized carbons (Fsp3) is 0.200. The van der Waals surface area contributed by atoms with Crippen molar-refractivity contribution in [3.8, 4) is 0 Å². The van der Waals surface area contributed by atoms with Crippen molar-refractivity contribution in [3.63, 3.8) is 0 Å². The Balaban J connectivity index is 2.38. The van der Waals surface area contributed by atoms with Gasteiger partial charge >= 0.3 is 0 Å².